The summed E-state index contributed by atoms with van der Waals surface area (Å²) in [6.45, 7) is 3.62. The quantitative estimate of drug-likeness (QED) is 0.0261. The average molecular weight is 1080 g/mol. The van der Waals surface area contributed by atoms with E-state index in [-0.39, 0.29) is 12.5 Å². The van der Waals surface area contributed by atoms with E-state index in [0.29, 0.717) is 6.42 Å². The van der Waals surface area contributed by atoms with Crippen LogP contribution in [0.15, 0.2) is 158 Å². The van der Waals surface area contributed by atoms with Gasteiger partial charge in [0.1, 0.15) is 24.4 Å². The topological polar surface area (TPSA) is 149 Å². The maximum absolute atomic E-state index is 13.1. The van der Waals surface area contributed by atoms with Gasteiger partial charge in [0.15, 0.2) is 6.29 Å². The summed E-state index contributed by atoms with van der Waals surface area (Å²) >= 11 is 0. The van der Waals surface area contributed by atoms with Crippen LogP contribution in [0.25, 0.3) is 0 Å². The van der Waals surface area contributed by atoms with Crippen molar-refractivity contribution in [1.82, 2.24) is 5.32 Å². The summed E-state index contributed by atoms with van der Waals surface area (Å²) in [5, 5.41) is 54.5. The Bertz CT molecular complexity index is 1780. The fourth-order valence-electron chi connectivity index (χ4n) is 8.53. The van der Waals surface area contributed by atoms with Gasteiger partial charge in [-0.25, -0.2) is 0 Å². The molecule has 9 heteroatoms. The summed E-state index contributed by atoms with van der Waals surface area (Å²) < 4.78 is 11.2. The molecule has 0 aromatic carbocycles. The van der Waals surface area contributed by atoms with Gasteiger partial charge >= 0.3 is 0 Å². The molecule has 0 spiro atoms. The number of carbonyl (C=O) groups is 1. The van der Waals surface area contributed by atoms with Crippen LogP contribution in [0, 0.1) is 0 Å². The van der Waals surface area contributed by atoms with Gasteiger partial charge in [-0.05, 0) is 116 Å². The first-order chi connectivity index (χ1) is 38.3. The Balaban J connectivity index is 2.22. The first-order valence-electron chi connectivity index (χ1n) is 30.7. The van der Waals surface area contributed by atoms with Crippen molar-refractivity contribution in [1.29, 1.82) is 0 Å². The van der Waals surface area contributed by atoms with Crippen LogP contribution < -0.4 is 5.32 Å². The third-order valence-corrected chi connectivity index (χ3v) is 13.3. The van der Waals surface area contributed by atoms with Crippen molar-refractivity contribution in [2.24, 2.45) is 0 Å². The molecular weight excluding hydrogens is 971 g/mol. The molecule has 78 heavy (non-hydrogen) atoms. The number of aliphatic hydroxyl groups is 5. The van der Waals surface area contributed by atoms with Crippen molar-refractivity contribution in [2.45, 2.75) is 256 Å². The van der Waals surface area contributed by atoms with E-state index in [1.165, 1.54) is 64.2 Å². The summed E-state index contributed by atoms with van der Waals surface area (Å²) in [7, 11) is 0. The van der Waals surface area contributed by atoms with Crippen LogP contribution in [-0.2, 0) is 14.3 Å². The average Bonchev–Trinajstić information content (AvgIpc) is 3.45. The number of amides is 1. The van der Waals surface area contributed by atoms with Crippen LogP contribution in [0.5, 0.6) is 0 Å². The SMILES string of the molecule is CC/C=C\C/C=C\C/C=C\C/C=C\C/C=C\C/C=C\C/C=C\C/C=C\C/C=C\C/C=C\C/C=C\CCCCCCCC(=O)NC(COC1OC(CO)C(O)C(O)C1O)C(O)/C=C/CC/C=C/CCCCCCCCCCCC. The fourth-order valence-corrected chi connectivity index (χ4v) is 8.53. The standard InChI is InChI=1S/C69H111NO8/c1-3-5-7-9-11-13-15-17-19-21-22-23-24-25-26-27-28-29-30-31-32-33-34-35-36-37-38-39-40-41-42-43-45-47-49-51-53-55-57-59-65(73)70-62(61-77-69-68(76)67(75)66(74)64(60-71)78-69)63(72)58-56-54-52-50-48-46-44-20-18-16-14-12-10-8-6-4-2/h5,7,11,13,17,19,22-23,25-26,28-29,31-32,34-35,37-38,40-41,43,45,48,50,56,58,62-64,66-69,71-72,74-76H,3-4,6,8-10,12,14-16,18,20-21,24,27,30,33,36,39,42,44,46-47,49,51-55,57,59-61H2,1-2H3,(H,70,73)/b7-5-,13-11-,19-17-,23-22-,26-25-,29-28-,32-31-,35-34-,38-37-,41-40-,45-43-,50-48+,58-56+. The number of carbonyl (C=O) groups excluding carboxylic acids is 1. The van der Waals surface area contributed by atoms with Crippen LogP contribution in [0.3, 0.4) is 0 Å². The van der Waals surface area contributed by atoms with Gasteiger partial charge in [-0.15, -0.1) is 0 Å². The molecular formula is C69H111NO8. The molecule has 1 amide bonds. The summed E-state index contributed by atoms with van der Waals surface area (Å²) in [6, 6.07) is -0.844. The first-order valence-corrected chi connectivity index (χ1v) is 30.7. The van der Waals surface area contributed by atoms with E-state index in [0.717, 1.165) is 128 Å². The molecule has 1 heterocycles. The van der Waals surface area contributed by atoms with E-state index in [9.17, 15) is 30.3 Å². The molecule has 0 saturated carbocycles. The van der Waals surface area contributed by atoms with E-state index in [4.69, 9.17) is 9.47 Å². The number of aliphatic hydroxyl groups excluding tert-OH is 5. The van der Waals surface area contributed by atoms with Crippen molar-refractivity contribution < 1.29 is 39.8 Å². The molecule has 0 aliphatic carbocycles. The lowest BCUT2D eigenvalue weighted by atomic mass is 9.99. The van der Waals surface area contributed by atoms with Gasteiger partial charge < -0.3 is 40.3 Å². The molecule has 0 bridgehead atoms. The molecule has 7 atom stereocenters. The second kappa shape index (κ2) is 56.1. The lowest BCUT2D eigenvalue weighted by Crippen LogP contribution is -2.60. The monoisotopic (exact) mass is 1080 g/mol. The van der Waals surface area contributed by atoms with Crippen LogP contribution in [0.2, 0.25) is 0 Å². The van der Waals surface area contributed by atoms with Gasteiger partial charge in [0, 0.05) is 6.42 Å². The molecule has 1 aliphatic rings. The Kier molecular flexibility index (Phi) is 51.7. The first kappa shape index (κ1) is 71.8. The highest BCUT2D eigenvalue weighted by atomic mass is 16.7. The third kappa shape index (κ3) is 44.6. The van der Waals surface area contributed by atoms with Crippen LogP contribution >= 0.6 is 0 Å². The molecule has 0 radical (unpaired) electrons. The molecule has 9 nitrogen and oxygen atoms in total. The Hall–Kier alpha value is -4.19. The van der Waals surface area contributed by atoms with Gasteiger partial charge in [0.05, 0.1) is 25.4 Å². The highest BCUT2D eigenvalue weighted by Gasteiger charge is 2.44. The van der Waals surface area contributed by atoms with Crippen molar-refractivity contribution >= 4 is 5.91 Å². The van der Waals surface area contributed by atoms with E-state index in [1.54, 1.807) is 6.08 Å². The van der Waals surface area contributed by atoms with Gasteiger partial charge in [0.25, 0.3) is 0 Å². The Labute approximate surface area is 475 Å². The minimum atomic E-state index is -1.59. The second-order valence-electron chi connectivity index (χ2n) is 20.4. The lowest BCUT2D eigenvalue weighted by Gasteiger charge is -2.40. The van der Waals surface area contributed by atoms with Crippen molar-refractivity contribution in [3.8, 4) is 0 Å². The van der Waals surface area contributed by atoms with Crippen molar-refractivity contribution in [3.63, 3.8) is 0 Å². The zero-order chi connectivity index (χ0) is 56.5. The Morgan fingerprint density at radius 1 is 0.449 bits per heavy atom. The number of allylic oxidation sites excluding steroid dienone is 25. The lowest BCUT2D eigenvalue weighted by molar-refractivity contribution is -0.302. The van der Waals surface area contributed by atoms with Gasteiger partial charge in [-0.3, -0.25) is 4.79 Å². The predicted molar refractivity (Wildman–Crippen MR) is 331 cm³/mol. The number of rotatable bonds is 50. The molecule has 1 fully saturated rings. The molecule has 1 saturated heterocycles. The minimum Gasteiger partial charge on any atom is -0.394 e. The number of hydrogen-bond donors (Lipinski definition) is 6. The predicted octanol–water partition coefficient (Wildman–Crippen LogP) is 16.0. The summed E-state index contributed by atoms with van der Waals surface area (Å²) in [5.41, 5.74) is 0. The molecule has 0 aromatic heterocycles. The molecule has 1 rings (SSSR count). The molecule has 0 aromatic rings. The van der Waals surface area contributed by atoms with Crippen molar-refractivity contribution in [2.75, 3.05) is 13.2 Å². The van der Waals surface area contributed by atoms with Crippen LogP contribution in [-0.4, -0.2) is 87.5 Å². The van der Waals surface area contributed by atoms with Crippen LogP contribution in [0.4, 0.5) is 0 Å². The highest BCUT2D eigenvalue weighted by Crippen LogP contribution is 2.23. The number of hydrogen-bond acceptors (Lipinski definition) is 8. The molecule has 440 valence electrons. The van der Waals surface area contributed by atoms with E-state index >= 15 is 0 Å². The minimum absolute atomic E-state index is 0.213. The van der Waals surface area contributed by atoms with Crippen LogP contribution in [0.1, 0.15) is 213 Å². The highest BCUT2D eigenvalue weighted by molar-refractivity contribution is 5.76. The number of unbranched alkanes of at least 4 members (excludes halogenated alkanes) is 16. The maximum Gasteiger partial charge on any atom is 0.220 e. The van der Waals surface area contributed by atoms with Gasteiger partial charge in [0.2, 0.25) is 5.91 Å². The smallest absolute Gasteiger partial charge is 0.220 e. The second-order valence-corrected chi connectivity index (χ2v) is 20.4. The summed E-state index contributed by atoms with van der Waals surface area (Å²) in [5.74, 6) is -0.213. The van der Waals surface area contributed by atoms with Crippen molar-refractivity contribution in [3.05, 3.63) is 158 Å². The number of nitrogens with one attached hydrogen (secondary N) is 1. The summed E-state index contributed by atoms with van der Waals surface area (Å²) in [6.07, 6.45) is 81.7. The fraction of sp³-hybridized carbons (Fsp3) is 0.609. The van der Waals surface area contributed by atoms with Gasteiger partial charge in [-0.1, -0.05) is 249 Å². The Morgan fingerprint density at radius 3 is 1.23 bits per heavy atom. The Morgan fingerprint density at radius 2 is 0.808 bits per heavy atom. The zero-order valence-corrected chi connectivity index (χ0v) is 48.8. The largest absolute Gasteiger partial charge is 0.394 e. The normalized spacial score (nSPS) is 19.8. The molecule has 1 aliphatic heterocycles. The van der Waals surface area contributed by atoms with Gasteiger partial charge in [-0.2, -0.15) is 0 Å². The zero-order valence-electron chi connectivity index (χ0n) is 48.8. The van der Waals surface area contributed by atoms with E-state index in [1.807, 2.05) is 6.08 Å². The maximum atomic E-state index is 13.1. The molecule has 7 unspecified atom stereocenters. The molecule has 6 N–H and O–H groups in total. The third-order valence-electron chi connectivity index (χ3n) is 13.3. The number of ether oxygens (including phenoxy) is 2. The van der Waals surface area contributed by atoms with E-state index < -0.39 is 49.5 Å². The summed E-state index contributed by atoms with van der Waals surface area (Å²) in [4.78, 5) is 13.1. The van der Waals surface area contributed by atoms with E-state index in [2.05, 4.69) is 165 Å².